The maximum absolute atomic E-state index is 6.07. The topological polar surface area (TPSA) is 21.3 Å². The van der Waals surface area contributed by atoms with Crippen LogP contribution in [0.2, 0.25) is 0 Å². The van der Waals surface area contributed by atoms with Crippen molar-refractivity contribution in [3.63, 3.8) is 0 Å². The van der Waals surface area contributed by atoms with Gasteiger partial charge in [0.1, 0.15) is 0 Å². The van der Waals surface area contributed by atoms with Gasteiger partial charge in [-0.15, -0.1) is 0 Å². The normalized spacial score (nSPS) is 28.6. The molecule has 0 amide bonds. The fourth-order valence-corrected chi connectivity index (χ4v) is 2.54. The lowest BCUT2D eigenvalue weighted by Gasteiger charge is -2.27. The molecule has 1 aliphatic rings. The highest BCUT2D eigenvalue weighted by Gasteiger charge is 2.45. The van der Waals surface area contributed by atoms with Gasteiger partial charge >= 0.3 is 0 Å². The summed E-state index contributed by atoms with van der Waals surface area (Å²) >= 11 is 0. The summed E-state index contributed by atoms with van der Waals surface area (Å²) in [7, 11) is 0. The Bertz CT molecular complexity index is 209. The van der Waals surface area contributed by atoms with E-state index in [0.29, 0.717) is 5.92 Å². The minimum absolute atomic E-state index is 0.0213. The van der Waals surface area contributed by atoms with Crippen LogP contribution in [0.15, 0.2) is 0 Å². The molecule has 1 saturated heterocycles. The molecule has 2 nitrogen and oxygen atoms in total. The highest BCUT2D eigenvalue weighted by molar-refractivity contribution is 4.95. The van der Waals surface area contributed by atoms with Crippen molar-refractivity contribution in [2.75, 3.05) is 13.1 Å². The molecule has 1 aliphatic heterocycles. The molecule has 0 bridgehead atoms. The lowest BCUT2D eigenvalue weighted by molar-refractivity contribution is -0.0743. The molecule has 0 saturated carbocycles. The van der Waals surface area contributed by atoms with Crippen molar-refractivity contribution in [3.8, 4) is 0 Å². The lowest BCUT2D eigenvalue weighted by Crippen LogP contribution is -2.36. The molecular weight excluding hydrogens is 186 g/mol. The van der Waals surface area contributed by atoms with Gasteiger partial charge in [0.25, 0.3) is 0 Å². The van der Waals surface area contributed by atoms with Gasteiger partial charge in [-0.3, -0.25) is 0 Å². The van der Waals surface area contributed by atoms with E-state index in [1.165, 1.54) is 0 Å². The third-order valence-electron chi connectivity index (χ3n) is 3.20. The van der Waals surface area contributed by atoms with Crippen molar-refractivity contribution < 1.29 is 4.74 Å². The summed E-state index contributed by atoms with van der Waals surface area (Å²) in [5.41, 5.74) is 0.0706. The van der Waals surface area contributed by atoms with Crippen molar-refractivity contribution in [1.29, 1.82) is 0 Å². The monoisotopic (exact) mass is 213 g/mol. The molecule has 2 heteroatoms. The molecule has 0 aromatic carbocycles. The van der Waals surface area contributed by atoms with Crippen LogP contribution < -0.4 is 5.32 Å². The second kappa shape index (κ2) is 4.42. The van der Waals surface area contributed by atoms with Gasteiger partial charge in [-0.05, 0) is 46.6 Å². The molecule has 0 aromatic rings. The molecule has 90 valence electrons. The Kier molecular flexibility index (Phi) is 3.83. The predicted octanol–water partition coefficient (Wildman–Crippen LogP) is 2.83. The van der Waals surface area contributed by atoms with E-state index >= 15 is 0 Å². The largest absolute Gasteiger partial charge is 0.369 e. The first-order chi connectivity index (χ1) is 6.73. The Morgan fingerprint density at radius 3 is 2.27 bits per heavy atom. The van der Waals surface area contributed by atoms with Gasteiger partial charge in [-0.2, -0.15) is 0 Å². The van der Waals surface area contributed by atoms with E-state index in [2.05, 4.69) is 46.9 Å². The third-order valence-corrected chi connectivity index (χ3v) is 3.20. The first kappa shape index (κ1) is 13.0. The average Bonchev–Trinajstić information content (AvgIpc) is 2.18. The Morgan fingerprint density at radius 2 is 1.87 bits per heavy atom. The zero-order valence-electron chi connectivity index (χ0n) is 11.2. The fourth-order valence-electron chi connectivity index (χ4n) is 2.54. The minimum Gasteiger partial charge on any atom is -0.369 e. The quantitative estimate of drug-likeness (QED) is 0.775. The van der Waals surface area contributed by atoms with E-state index in [1.54, 1.807) is 0 Å². The van der Waals surface area contributed by atoms with E-state index in [9.17, 15) is 0 Å². The third kappa shape index (κ3) is 3.76. The van der Waals surface area contributed by atoms with Crippen LogP contribution in [0.25, 0.3) is 0 Å². The molecule has 1 N–H and O–H groups in total. The summed E-state index contributed by atoms with van der Waals surface area (Å²) in [4.78, 5) is 0. The van der Waals surface area contributed by atoms with Crippen molar-refractivity contribution in [3.05, 3.63) is 0 Å². The van der Waals surface area contributed by atoms with Crippen LogP contribution in [-0.4, -0.2) is 24.3 Å². The molecule has 0 radical (unpaired) electrons. The van der Waals surface area contributed by atoms with Gasteiger partial charge in [0.05, 0.1) is 11.2 Å². The SMILES string of the molecule is CC(C)CNCC1CC(C)(C)OC1(C)C. The fraction of sp³-hybridized carbons (Fsp3) is 1.00. The summed E-state index contributed by atoms with van der Waals surface area (Å²) in [5.74, 6) is 1.36. The average molecular weight is 213 g/mol. The van der Waals surface area contributed by atoms with E-state index in [1.807, 2.05) is 0 Å². The molecule has 0 aliphatic carbocycles. The molecular formula is C13H27NO. The number of hydrogen-bond acceptors (Lipinski definition) is 2. The summed E-state index contributed by atoms with van der Waals surface area (Å²) in [6.07, 6.45) is 1.16. The van der Waals surface area contributed by atoms with Crippen LogP contribution in [0.3, 0.4) is 0 Å². The number of rotatable bonds is 4. The van der Waals surface area contributed by atoms with E-state index in [4.69, 9.17) is 4.74 Å². The second-order valence-corrected chi connectivity index (χ2v) is 6.42. The van der Waals surface area contributed by atoms with Crippen molar-refractivity contribution >= 4 is 0 Å². The van der Waals surface area contributed by atoms with Gasteiger partial charge < -0.3 is 10.1 Å². The summed E-state index contributed by atoms with van der Waals surface area (Å²) < 4.78 is 6.07. The molecule has 1 heterocycles. The first-order valence-electron chi connectivity index (χ1n) is 6.14. The van der Waals surface area contributed by atoms with Crippen molar-refractivity contribution in [2.45, 2.75) is 59.2 Å². The predicted molar refractivity (Wildman–Crippen MR) is 65.1 cm³/mol. The molecule has 15 heavy (non-hydrogen) atoms. The highest BCUT2D eigenvalue weighted by atomic mass is 16.5. The Morgan fingerprint density at radius 1 is 1.27 bits per heavy atom. The molecule has 0 spiro atoms. The molecule has 1 unspecified atom stereocenters. The van der Waals surface area contributed by atoms with Gasteiger partial charge in [-0.1, -0.05) is 13.8 Å². The van der Waals surface area contributed by atoms with Crippen molar-refractivity contribution in [2.24, 2.45) is 11.8 Å². The maximum atomic E-state index is 6.07. The zero-order chi connectivity index (χ0) is 11.7. The van der Waals surface area contributed by atoms with Gasteiger partial charge in [0.2, 0.25) is 0 Å². The van der Waals surface area contributed by atoms with Gasteiger partial charge in [0.15, 0.2) is 0 Å². The van der Waals surface area contributed by atoms with E-state index in [-0.39, 0.29) is 11.2 Å². The minimum atomic E-state index is 0.0213. The van der Waals surface area contributed by atoms with Gasteiger partial charge in [0, 0.05) is 12.5 Å². The Hall–Kier alpha value is -0.0800. The highest BCUT2D eigenvalue weighted by Crippen LogP contribution is 2.41. The van der Waals surface area contributed by atoms with Crippen LogP contribution in [0.1, 0.15) is 48.0 Å². The summed E-state index contributed by atoms with van der Waals surface area (Å²) in [5, 5.41) is 3.54. The van der Waals surface area contributed by atoms with Crippen molar-refractivity contribution in [1.82, 2.24) is 5.32 Å². The first-order valence-corrected chi connectivity index (χ1v) is 6.14. The standard InChI is InChI=1S/C13H27NO/c1-10(2)8-14-9-11-7-12(3,4)15-13(11,5)6/h10-11,14H,7-9H2,1-6H3. The second-order valence-electron chi connectivity index (χ2n) is 6.42. The number of nitrogens with one attached hydrogen (secondary N) is 1. The molecule has 1 rings (SSSR count). The van der Waals surface area contributed by atoms with Gasteiger partial charge in [-0.25, -0.2) is 0 Å². The van der Waals surface area contributed by atoms with E-state index < -0.39 is 0 Å². The molecule has 1 fully saturated rings. The van der Waals surface area contributed by atoms with Crippen LogP contribution in [0.5, 0.6) is 0 Å². The zero-order valence-corrected chi connectivity index (χ0v) is 11.2. The summed E-state index contributed by atoms with van der Waals surface area (Å²) in [6.45, 7) is 15.5. The van der Waals surface area contributed by atoms with Crippen LogP contribution >= 0.6 is 0 Å². The smallest absolute Gasteiger partial charge is 0.0674 e. The molecule has 0 aromatic heterocycles. The number of ether oxygens (including phenoxy) is 1. The van der Waals surface area contributed by atoms with Crippen LogP contribution in [0, 0.1) is 11.8 Å². The Balaban J connectivity index is 2.41. The molecule has 1 atom stereocenters. The summed E-state index contributed by atoms with van der Waals surface area (Å²) in [6, 6.07) is 0. The van der Waals surface area contributed by atoms with Crippen LogP contribution in [0.4, 0.5) is 0 Å². The van der Waals surface area contributed by atoms with Crippen LogP contribution in [-0.2, 0) is 4.74 Å². The maximum Gasteiger partial charge on any atom is 0.0674 e. The number of hydrogen-bond donors (Lipinski definition) is 1. The lowest BCUT2D eigenvalue weighted by atomic mass is 9.87. The van der Waals surface area contributed by atoms with E-state index in [0.717, 1.165) is 25.4 Å². The Labute approximate surface area is 94.8 Å².